The van der Waals surface area contributed by atoms with Crippen LogP contribution in [-0.2, 0) is 14.4 Å². The second kappa shape index (κ2) is 25.4. The second-order valence-electron chi connectivity index (χ2n) is 12.1. The minimum absolute atomic E-state index is 0. The molecule has 1 saturated heterocycles. The van der Waals surface area contributed by atoms with Gasteiger partial charge < -0.3 is 27.5 Å². The number of carbonyl (C=O) groups is 3. The standard InChI is InChI=1S/C32H62N4O3.ClH/c1-4-6-8-10-12-14-16-21-30(37)33-24-19-27-36(3,29-35-26-18-23-32(35)39)28-20-25-34-31(38)22-17-15-13-11-9-7-5-2;/h4-29H2,1-3H3,(H-,33,34,37,38);1H. The lowest BCUT2D eigenvalue weighted by atomic mass is 10.1. The lowest BCUT2D eigenvalue weighted by molar-refractivity contribution is -0.917. The highest BCUT2D eigenvalue weighted by atomic mass is 35.5. The highest BCUT2D eigenvalue weighted by Gasteiger charge is 2.30. The van der Waals surface area contributed by atoms with E-state index in [-0.39, 0.29) is 30.1 Å². The SMILES string of the molecule is CCCCCCCCCC(=O)NCCC[N+](C)(CCCNC(=O)CCCCCCCCC)CN1CCCC1=O.[Cl-]. The van der Waals surface area contributed by atoms with Crippen molar-refractivity contribution >= 4 is 17.7 Å². The lowest BCUT2D eigenvalue weighted by Crippen LogP contribution is -3.00. The first-order valence-electron chi connectivity index (χ1n) is 16.5. The minimum atomic E-state index is 0. The van der Waals surface area contributed by atoms with Crippen LogP contribution in [0, 0.1) is 0 Å². The minimum Gasteiger partial charge on any atom is -1.00 e. The zero-order chi connectivity index (χ0) is 28.6. The van der Waals surface area contributed by atoms with Gasteiger partial charge in [-0.05, 0) is 19.3 Å². The molecule has 1 heterocycles. The van der Waals surface area contributed by atoms with Gasteiger partial charge >= 0.3 is 0 Å². The van der Waals surface area contributed by atoms with E-state index in [1.54, 1.807) is 0 Å². The molecule has 0 spiro atoms. The molecule has 1 aliphatic heterocycles. The molecule has 2 N–H and O–H groups in total. The molecule has 1 rings (SSSR count). The summed E-state index contributed by atoms with van der Waals surface area (Å²) in [5.74, 6) is 0.581. The summed E-state index contributed by atoms with van der Waals surface area (Å²) in [6.45, 7) is 9.22. The first kappa shape index (κ1) is 38.7. The van der Waals surface area contributed by atoms with Gasteiger partial charge in [0.25, 0.3) is 0 Å². The number of carbonyl (C=O) groups excluding carboxylic acids is 3. The maximum Gasteiger partial charge on any atom is 0.226 e. The molecule has 40 heavy (non-hydrogen) atoms. The molecule has 0 aromatic rings. The molecule has 0 saturated carbocycles. The van der Waals surface area contributed by atoms with Crippen molar-refractivity contribution in [3.63, 3.8) is 0 Å². The Labute approximate surface area is 253 Å². The molecule has 1 fully saturated rings. The van der Waals surface area contributed by atoms with Crippen molar-refractivity contribution in [3.05, 3.63) is 0 Å². The Balaban J connectivity index is 0.0000152. The summed E-state index contributed by atoms with van der Waals surface area (Å²) in [6.07, 6.45) is 21.7. The van der Waals surface area contributed by atoms with Gasteiger partial charge in [-0.25, -0.2) is 0 Å². The zero-order valence-electron chi connectivity index (χ0n) is 26.4. The lowest BCUT2D eigenvalue weighted by Gasteiger charge is -2.38. The van der Waals surface area contributed by atoms with Crippen LogP contribution in [0.3, 0.4) is 0 Å². The van der Waals surface area contributed by atoms with Gasteiger partial charge in [-0.1, -0.05) is 90.9 Å². The topological polar surface area (TPSA) is 78.5 Å². The quantitative estimate of drug-likeness (QED) is 0.121. The Morgan fingerprint density at radius 3 is 1.52 bits per heavy atom. The Kier molecular flexibility index (Phi) is 24.5. The molecule has 0 aromatic carbocycles. The molecule has 7 nitrogen and oxygen atoms in total. The van der Waals surface area contributed by atoms with Crippen molar-refractivity contribution in [2.75, 3.05) is 46.4 Å². The Morgan fingerprint density at radius 1 is 0.700 bits per heavy atom. The van der Waals surface area contributed by atoms with E-state index in [0.29, 0.717) is 32.4 Å². The van der Waals surface area contributed by atoms with Crippen LogP contribution < -0.4 is 23.0 Å². The zero-order valence-corrected chi connectivity index (χ0v) is 27.1. The third-order valence-electron chi connectivity index (χ3n) is 8.09. The molecule has 0 bridgehead atoms. The summed E-state index contributed by atoms with van der Waals surface area (Å²) >= 11 is 0. The van der Waals surface area contributed by atoms with Gasteiger partial charge in [0.1, 0.15) is 0 Å². The molecule has 1 aliphatic rings. The number of unbranched alkanes of at least 4 members (excludes halogenated alkanes) is 12. The molecular formula is C32H63ClN4O3. The largest absolute Gasteiger partial charge is 1.00 e. The van der Waals surface area contributed by atoms with Gasteiger partial charge in [0.15, 0.2) is 6.67 Å². The summed E-state index contributed by atoms with van der Waals surface area (Å²) in [5, 5.41) is 6.21. The highest BCUT2D eigenvalue weighted by Crippen LogP contribution is 2.15. The van der Waals surface area contributed by atoms with Crippen LogP contribution in [0.4, 0.5) is 0 Å². The summed E-state index contributed by atoms with van der Waals surface area (Å²) in [4.78, 5) is 38.8. The summed E-state index contributed by atoms with van der Waals surface area (Å²) in [5.41, 5.74) is 0. The number of quaternary nitrogens is 1. The molecule has 3 amide bonds. The fourth-order valence-electron chi connectivity index (χ4n) is 5.56. The van der Waals surface area contributed by atoms with Crippen LogP contribution in [0.2, 0.25) is 0 Å². The molecule has 8 heteroatoms. The average molecular weight is 587 g/mol. The van der Waals surface area contributed by atoms with Crippen molar-refractivity contribution in [1.82, 2.24) is 15.5 Å². The second-order valence-corrected chi connectivity index (χ2v) is 12.1. The van der Waals surface area contributed by atoms with Crippen LogP contribution in [0.1, 0.15) is 142 Å². The van der Waals surface area contributed by atoms with Crippen molar-refractivity contribution in [2.24, 2.45) is 0 Å². The predicted molar refractivity (Wildman–Crippen MR) is 162 cm³/mol. The number of halogens is 1. The first-order valence-corrected chi connectivity index (χ1v) is 16.5. The molecule has 0 aromatic heterocycles. The molecule has 0 aliphatic carbocycles. The van der Waals surface area contributed by atoms with Crippen LogP contribution in [0.5, 0.6) is 0 Å². The summed E-state index contributed by atoms with van der Waals surface area (Å²) in [7, 11) is 2.21. The molecule has 0 unspecified atom stereocenters. The van der Waals surface area contributed by atoms with Crippen LogP contribution in [0.25, 0.3) is 0 Å². The normalized spacial score (nSPS) is 13.4. The number of hydrogen-bond acceptors (Lipinski definition) is 3. The number of amides is 3. The average Bonchev–Trinajstić information content (AvgIpc) is 3.31. The van der Waals surface area contributed by atoms with Gasteiger partial charge in [-0.15, -0.1) is 0 Å². The fourth-order valence-corrected chi connectivity index (χ4v) is 5.56. The third kappa shape index (κ3) is 20.5. The van der Waals surface area contributed by atoms with E-state index in [0.717, 1.165) is 75.7 Å². The van der Waals surface area contributed by atoms with Gasteiger partial charge in [0, 0.05) is 51.7 Å². The molecular weight excluding hydrogens is 524 g/mol. The van der Waals surface area contributed by atoms with Gasteiger partial charge in [0.05, 0.1) is 20.1 Å². The van der Waals surface area contributed by atoms with E-state index in [2.05, 4.69) is 31.5 Å². The van der Waals surface area contributed by atoms with E-state index in [1.807, 2.05) is 4.90 Å². The number of hydrogen-bond donors (Lipinski definition) is 2. The van der Waals surface area contributed by atoms with Gasteiger partial charge in [-0.3, -0.25) is 19.3 Å². The van der Waals surface area contributed by atoms with E-state index < -0.39 is 0 Å². The molecule has 0 atom stereocenters. The van der Waals surface area contributed by atoms with Gasteiger partial charge in [-0.2, -0.15) is 0 Å². The summed E-state index contributed by atoms with van der Waals surface area (Å²) < 4.78 is 0.771. The summed E-state index contributed by atoms with van der Waals surface area (Å²) in [6, 6.07) is 0. The number of nitrogens with zero attached hydrogens (tertiary/aromatic N) is 2. The van der Waals surface area contributed by atoms with Crippen LogP contribution in [-0.4, -0.2) is 73.5 Å². The fraction of sp³-hybridized carbons (Fsp3) is 0.906. The van der Waals surface area contributed by atoms with Crippen LogP contribution >= 0.6 is 0 Å². The molecule has 236 valence electrons. The Hall–Kier alpha value is -1.34. The van der Waals surface area contributed by atoms with Crippen molar-refractivity contribution < 1.29 is 31.3 Å². The van der Waals surface area contributed by atoms with E-state index in [4.69, 9.17) is 0 Å². The Morgan fingerprint density at radius 2 is 1.12 bits per heavy atom. The van der Waals surface area contributed by atoms with Crippen molar-refractivity contribution in [1.29, 1.82) is 0 Å². The number of rotatable bonds is 26. The van der Waals surface area contributed by atoms with E-state index >= 15 is 0 Å². The van der Waals surface area contributed by atoms with Crippen molar-refractivity contribution in [3.8, 4) is 0 Å². The van der Waals surface area contributed by atoms with Crippen molar-refractivity contribution in [2.45, 2.75) is 142 Å². The van der Waals surface area contributed by atoms with E-state index in [9.17, 15) is 14.4 Å². The Bertz CT molecular complexity index is 624. The number of likely N-dealkylation sites (tertiary alicyclic amines) is 1. The third-order valence-corrected chi connectivity index (χ3v) is 8.09. The number of nitrogens with one attached hydrogen (secondary N) is 2. The maximum absolute atomic E-state index is 12.3. The first-order chi connectivity index (χ1) is 18.9. The smallest absolute Gasteiger partial charge is 0.226 e. The predicted octanol–water partition coefficient (Wildman–Crippen LogP) is 3.31. The maximum atomic E-state index is 12.3. The highest BCUT2D eigenvalue weighted by molar-refractivity contribution is 5.78. The van der Waals surface area contributed by atoms with Crippen LogP contribution in [0.15, 0.2) is 0 Å². The van der Waals surface area contributed by atoms with E-state index in [1.165, 1.54) is 64.2 Å². The molecule has 0 radical (unpaired) electrons. The monoisotopic (exact) mass is 586 g/mol. The van der Waals surface area contributed by atoms with Gasteiger partial charge in [0.2, 0.25) is 17.7 Å².